The highest BCUT2D eigenvalue weighted by molar-refractivity contribution is 5.74. The third kappa shape index (κ3) is 2.48. The first-order valence-electron chi connectivity index (χ1n) is 5.19. The third-order valence-corrected chi connectivity index (χ3v) is 2.36. The van der Waals surface area contributed by atoms with E-state index in [4.69, 9.17) is 0 Å². The molecule has 0 fully saturated rings. The van der Waals surface area contributed by atoms with Crippen LogP contribution in [0.5, 0.6) is 0 Å². The van der Waals surface area contributed by atoms with Crippen LogP contribution in [-0.2, 0) is 0 Å². The number of hydrogen-bond acceptors (Lipinski definition) is 2. The fourth-order valence-electron chi connectivity index (χ4n) is 1.42. The topological polar surface area (TPSA) is 24.9 Å². The van der Waals surface area contributed by atoms with E-state index in [2.05, 4.69) is 35.9 Å². The van der Waals surface area contributed by atoms with Gasteiger partial charge >= 0.3 is 0 Å². The fourth-order valence-corrected chi connectivity index (χ4v) is 1.42. The largest absolute Gasteiger partial charge is 0.355 e. The van der Waals surface area contributed by atoms with Gasteiger partial charge in [0.05, 0.1) is 0 Å². The van der Waals surface area contributed by atoms with Gasteiger partial charge in [0.2, 0.25) is 0 Å². The molecular weight excluding hydrogens is 196 g/mol. The SMILES string of the molecule is C=C(Nc1ccc(C)cc1)c1cccnc1. The Kier molecular flexibility index (Phi) is 3.01. The van der Waals surface area contributed by atoms with Gasteiger partial charge in [-0.1, -0.05) is 24.3 Å². The lowest BCUT2D eigenvalue weighted by Gasteiger charge is -2.09. The molecule has 0 saturated heterocycles. The Morgan fingerprint density at radius 2 is 1.94 bits per heavy atom. The molecule has 2 nitrogen and oxygen atoms in total. The maximum atomic E-state index is 4.06. The Hall–Kier alpha value is -2.09. The predicted molar refractivity (Wildman–Crippen MR) is 68.1 cm³/mol. The highest BCUT2D eigenvalue weighted by atomic mass is 14.9. The number of nitrogens with zero attached hydrogens (tertiary/aromatic N) is 1. The second-order valence-corrected chi connectivity index (χ2v) is 3.71. The molecule has 2 rings (SSSR count). The second kappa shape index (κ2) is 4.62. The van der Waals surface area contributed by atoms with Crippen LogP contribution in [-0.4, -0.2) is 4.98 Å². The predicted octanol–water partition coefficient (Wildman–Crippen LogP) is 3.47. The van der Waals surface area contributed by atoms with Gasteiger partial charge in [-0.05, 0) is 31.2 Å². The summed E-state index contributed by atoms with van der Waals surface area (Å²) in [6, 6.07) is 12.1. The Labute approximate surface area is 95.7 Å². The van der Waals surface area contributed by atoms with E-state index >= 15 is 0 Å². The molecule has 80 valence electrons. The molecule has 0 aliphatic heterocycles. The number of anilines is 1. The molecule has 0 radical (unpaired) electrons. The van der Waals surface area contributed by atoms with Crippen molar-refractivity contribution < 1.29 is 0 Å². The van der Waals surface area contributed by atoms with Crippen LogP contribution >= 0.6 is 0 Å². The number of aromatic nitrogens is 1. The average molecular weight is 210 g/mol. The van der Waals surface area contributed by atoms with E-state index in [1.165, 1.54) is 5.56 Å². The van der Waals surface area contributed by atoms with Crippen molar-refractivity contribution in [3.05, 3.63) is 66.5 Å². The van der Waals surface area contributed by atoms with E-state index in [-0.39, 0.29) is 0 Å². The van der Waals surface area contributed by atoms with E-state index in [1.54, 1.807) is 12.4 Å². The van der Waals surface area contributed by atoms with E-state index < -0.39 is 0 Å². The first-order chi connectivity index (χ1) is 7.75. The van der Waals surface area contributed by atoms with Crippen LogP contribution in [0.3, 0.4) is 0 Å². The molecule has 2 aromatic rings. The van der Waals surface area contributed by atoms with Crippen LogP contribution in [0.4, 0.5) is 5.69 Å². The van der Waals surface area contributed by atoms with Crippen molar-refractivity contribution in [3.8, 4) is 0 Å². The van der Waals surface area contributed by atoms with Crippen LogP contribution in [0.25, 0.3) is 5.70 Å². The van der Waals surface area contributed by atoms with Crippen molar-refractivity contribution in [3.63, 3.8) is 0 Å². The van der Waals surface area contributed by atoms with Crippen LogP contribution in [0, 0.1) is 6.92 Å². The van der Waals surface area contributed by atoms with E-state index in [0.29, 0.717) is 0 Å². The minimum absolute atomic E-state index is 0.858. The van der Waals surface area contributed by atoms with Crippen molar-refractivity contribution in [2.75, 3.05) is 5.32 Å². The number of benzene rings is 1. The van der Waals surface area contributed by atoms with Gasteiger partial charge in [-0.2, -0.15) is 0 Å². The smallest absolute Gasteiger partial charge is 0.0400 e. The molecule has 0 unspecified atom stereocenters. The maximum Gasteiger partial charge on any atom is 0.0400 e. The number of rotatable bonds is 3. The highest BCUT2D eigenvalue weighted by Gasteiger charge is 1.98. The number of pyridine rings is 1. The molecule has 2 heteroatoms. The summed E-state index contributed by atoms with van der Waals surface area (Å²) >= 11 is 0. The summed E-state index contributed by atoms with van der Waals surface area (Å²) in [6.45, 7) is 6.06. The summed E-state index contributed by atoms with van der Waals surface area (Å²) in [4.78, 5) is 4.06. The molecule has 1 aromatic carbocycles. The monoisotopic (exact) mass is 210 g/mol. The lowest BCUT2D eigenvalue weighted by Crippen LogP contribution is -1.97. The van der Waals surface area contributed by atoms with Crippen LogP contribution in [0.1, 0.15) is 11.1 Å². The zero-order chi connectivity index (χ0) is 11.4. The van der Waals surface area contributed by atoms with Gasteiger partial charge in [0.15, 0.2) is 0 Å². The Morgan fingerprint density at radius 3 is 2.56 bits per heavy atom. The van der Waals surface area contributed by atoms with E-state index in [9.17, 15) is 0 Å². The Morgan fingerprint density at radius 1 is 1.19 bits per heavy atom. The first-order valence-corrected chi connectivity index (χ1v) is 5.19. The number of aryl methyl sites for hydroxylation is 1. The summed E-state index contributed by atoms with van der Waals surface area (Å²) in [5, 5.41) is 3.25. The lowest BCUT2D eigenvalue weighted by molar-refractivity contribution is 1.31. The molecule has 0 amide bonds. The van der Waals surface area contributed by atoms with E-state index in [1.807, 2.05) is 24.3 Å². The number of hydrogen-bond donors (Lipinski definition) is 1. The average Bonchev–Trinajstić information content (AvgIpc) is 2.33. The molecule has 1 aromatic heterocycles. The lowest BCUT2D eigenvalue weighted by atomic mass is 10.2. The normalized spacial score (nSPS) is 9.81. The number of nitrogens with one attached hydrogen (secondary N) is 1. The van der Waals surface area contributed by atoms with Gasteiger partial charge in [-0.15, -0.1) is 0 Å². The van der Waals surface area contributed by atoms with Crippen molar-refractivity contribution in [1.82, 2.24) is 4.98 Å². The summed E-state index contributed by atoms with van der Waals surface area (Å²) in [7, 11) is 0. The van der Waals surface area contributed by atoms with Crippen LogP contribution < -0.4 is 5.32 Å². The van der Waals surface area contributed by atoms with Crippen LogP contribution in [0.15, 0.2) is 55.4 Å². The standard InChI is InChI=1S/C14H14N2/c1-11-5-7-14(8-6-11)16-12(2)13-4-3-9-15-10-13/h3-10,16H,2H2,1H3. The molecule has 0 atom stereocenters. The zero-order valence-electron chi connectivity index (χ0n) is 9.27. The van der Waals surface area contributed by atoms with Gasteiger partial charge in [-0.3, -0.25) is 4.98 Å². The van der Waals surface area contributed by atoms with Crippen molar-refractivity contribution in [1.29, 1.82) is 0 Å². The van der Waals surface area contributed by atoms with Gasteiger partial charge in [-0.25, -0.2) is 0 Å². The molecule has 0 spiro atoms. The minimum Gasteiger partial charge on any atom is -0.355 e. The minimum atomic E-state index is 0.858. The summed E-state index contributed by atoms with van der Waals surface area (Å²) in [6.07, 6.45) is 3.55. The van der Waals surface area contributed by atoms with Gasteiger partial charge < -0.3 is 5.32 Å². The van der Waals surface area contributed by atoms with Crippen LogP contribution in [0.2, 0.25) is 0 Å². The van der Waals surface area contributed by atoms with Crippen molar-refractivity contribution in [2.45, 2.75) is 6.92 Å². The van der Waals surface area contributed by atoms with Gasteiger partial charge in [0.25, 0.3) is 0 Å². The third-order valence-electron chi connectivity index (χ3n) is 2.36. The molecule has 16 heavy (non-hydrogen) atoms. The summed E-state index contributed by atoms with van der Waals surface area (Å²) in [5.41, 5.74) is 4.15. The summed E-state index contributed by atoms with van der Waals surface area (Å²) in [5.74, 6) is 0. The molecule has 0 aliphatic rings. The molecule has 0 saturated carbocycles. The fraction of sp³-hybridized carbons (Fsp3) is 0.0714. The Bertz CT molecular complexity index is 472. The molecule has 1 N–H and O–H groups in total. The van der Waals surface area contributed by atoms with Gasteiger partial charge in [0.1, 0.15) is 0 Å². The molecule has 0 aliphatic carbocycles. The molecule has 1 heterocycles. The maximum absolute atomic E-state index is 4.06. The Balaban J connectivity index is 2.11. The quantitative estimate of drug-likeness (QED) is 0.839. The zero-order valence-corrected chi connectivity index (χ0v) is 9.27. The van der Waals surface area contributed by atoms with E-state index in [0.717, 1.165) is 16.9 Å². The van der Waals surface area contributed by atoms with Gasteiger partial charge in [0, 0.05) is 29.3 Å². The molecule has 0 bridgehead atoms. The highest BCUT2D eigenvalue weighted by Crippen LogP contribution is 2.16. The molecular formula is C14H14N2. The van der Waals surface area contributed by atoms with Crippen molar-refractivity contribution >= 4 is 11.4 Å². The van der Waals surface area contributed by atoms with Crippen molar-refractivity contribution in [2.24, 2.45) is 0 Å². The second-order valence-electron chi connectivity index (χ2n) is 3.71. The summed E-state index contributed by atoms with van der Waals surface area (Å²) < 4.78 is 0. The first kappa shape index (κ1) is 10.4.